The molecule has 0 aliphatic carbocycles. The average molecular weight is 355 g/mol. The second-order valence-corrected chi connectivity index (χ2v) is 6.70. The number of thiazole rings is 1. The number of benzene rings is 1. The van der Waals surface area contributed by atoms with Crippen LogP contribution in [0.2, 0.25) is 0 Å². The molecule has 0 spiro atoms. The van der Waals surface area contributed by atoms with Gasteiger partial charge in [0.15, 0.2) is 10.8 Å². The Morgan fingerprint density at radius 3 is 3.08 bits per heavy atom. The van der Waals surface area contributed by atoms with Crippen molar-refractivity contribution in [3.05, 3.63) is 59.3 Å². The molecule has 0 aliphatic rings. The smallest absolute Gasteiger partial charge is 0.234 e. The first kappa shape index (κ1) is 16.3. The van der Waals surface area contributed by atoms with E-state index in [4.69, 9.17) is 9.68 Å². The van der Waals surface area contributed by atoms with Gasteiger partial charge in [-0.3, -0.25) is 4.79 Å². The molecule has 0 fully saturated rings. The number of rotatable bonds is 6. The first-order valence-electron chi connectivity index (χ1n) is 7.10. The highest BCUT2D eigenvalue weighted by molar-refractivity contribution is 7.99. The molecule has 3 aromatic rings. The molecular weight excluding hydrogens is 342 g/mol. The van der Waals surface area contributed by atoms with Gasteiger partial charge in [-0.15, -0.1) is 23.1 Å². The monoisotopic (exact) mass is 355 g/mol. The molecule has 1 amide bonds. The summed E-state index contributed by atoms with van der Waals surface area (Å²) in [6, 6.07) is 12.6. The van der Waals surface area contributed by atoms with Gasteiger partial charge in [-0.2, -0.15) is 5.26 Å². The molecule has 120 valence electrons. The second-order valence-electron chi connectivity index (χ2n) is 4.85. The van der Waals surface area contributed by atoms with Gasteiger partial charge in [0, 0.05) is 16.8 Å². The van der Waals surface area contributed by atoms with E-state index in [1.165, 1.54) is 23.1 Å². The summed E-state index contributed by atoms with van der Waals surface area (Å²) in [6.07, 6.45) is 1.62. The SMILES string of the molecule is N#Cc1cccc(NC(=O)CSCc2csc(-c3ccco3)n2)c1. The fraction of sp³-hybridized carbons (Fsp3) is 0.118. The highest BCUT2D eigenvalue weighted by Crippen LogP contribution is 2.25. The summed E-state index contributed by atoms with van der Waals surface area (Å²) in [5.41, 5.74) is 2.08. The number of nitrogens with one attached hydrogen (secondary N) is 1. The van der Waals surface area contributed by atoms with Gasteiger partial charge in [0.05, 0.1) is 29.3 Å². The van der Waals surface area contributed by atoms with Crippen LogP contribution in [0.4, 0.5) is 5.69 Å². The quantitative estimate of drug-likeness (QED) is 0.719. The van der Waals surface area contributed by atoms with Crippen molar-refractivity contribution in [2.75, 3.05) is 11.1 Å². The third-order valence-corrected chi connectivity index (χ3v) is 4.91. The summed E-state index contributed by atoms with van der Waals surface area (Å²) in [5, 5.41) is 14.5. The second kappa shape index (κ2) is 7.81. The third kappa shape index (κ3) is 4.25. The molecule has 0 saturated carbocycles. The Morgan fingerprint density at radius 2 is 2.29 bits per heavy atom. The maximum atomic E-state index is 11.9. The van der Waals surface area contributed by atoms with Gasteiger partial charge < -0.3 is 9.73 Å². The van der Waals surface area contributed by atoms with Crippen molar-refractivity contribution in [1.82, 2.24) is 4.98 Å². The lowest BCUT2D eigenvalue weighted by Crippen LogP contribution is -2.14. The van der Waals surface area contributed by atoms with E-state index >= 15 is 0 Å². The van der Waals surface area contributed by atoms with Crippen LogP contribution >= 0.6 is 23.1 Å². The van der Waals surface area contributed by atoms with Crippen LogP contribution in [-0.4, -0.2) is 16.6 Å². The Labute approximate surface area is 147 Å². The van der Waals surface area contributed by atoms with E-state index in [2.05, 4.69) is 10.3 Å². The third-order valence-electron chi connectivity index (χ3n) is 3.04. The molecule has 2 heterocycles. The van der Waals surface area contributed by atoms with E-state index < -0.39 is 0 Å². The maximum absolute atomic E-state index is 11.9. The van der Waals surface area contributed by atoms with Crippen LogP contribution in [0.3, 0.4) is 0 Å². The Kier molecular flexibility index (Phi) is 5.31. The van der Waals surface area contributed by atoms with E-state index in [0.29, 0.717) is 22.8 Å². The number of hydrogen-bond acceptors (Lipinski definition) is 6. The highest BCUT2D eigenvalue weighted by atomic mass is 32.2. The van der Waals surface area contributed by atoms with Crippen molar-refractivity contribution in [3.8, 4) is 16.8 Å². The number of nitrogens with zero attached hydrogens (tertiary/aromatic N) is 2. The van der Waals surface area contributed by atoms with Crippen LogP contribution in [-0.2, 0) is 10.5 Å². The molecule has 0 unspecified atom stereocenters. The summed E-state index contributed by atoms with van der Waals surface area (Å²) >= 11 is 3.01. The van der Waals surface area contributed by atoms with Crippen LogP contribution in [0.25, 0.3) is 10.8 Å². The van der Waals surface area contributed by atoms with Crippen LogP contribution < -0.4 is 5.32 Å². The zero-order chi connectivity index (χ0) is 16.8. The fourth-order valence-electron chi connectivity index (χ4n) is 2.00. The lowest BCUT2D eigenvalue weighted by molar-refractivity contribution is -0.113. The summed E-state index contributed by atoms with van der Waals surface area (Å²) in [4.78, 5) is 16.4. The van der Waals surface area contributed by atoms with Crippen LogP contribution in [0.1, 0.15) is 11.3 Å². The zero-order valence-electron chi connectivity index (χ0n) is 12.6. The van der Waals surface area contributed by atoms with E-state index in [1.807, 2.05) is 23.6 Å². The van der Waals surface area contributed by atoms with Crippen LogP contribution in [0.15, 0.2) is 52.5 Å². The van der Waals surface area contributed by atoms with E-state index in [-0.39, 0.29) is 5.91 Å². The van der Waals surface area contributed by atoms with Gasteiger partial charge >= 0.3 is 0 Å². The van der Waals surface area contributed by atoms with Gasteiger partial charge in [-0.05, 0) is 30.3 Å². The number of thioether (sulfide) groups is 1. The molecule has 7 heteroatoms. The number of amides is 1. The fourth-order valence-corrected chi connectivity index (χ4v) is 3.61. The van der Waals surface area contributed by atoms with Crippen molar-refractivity contribution in [1.29, 1.82) is 5.26 Å². The van der Waals surface area contributed by atoms with Gasteiger partial charge in [-0.1, -0.05) is 6.07 Å². The molecule has 0 aliphatic heterocycles. The first-order chi connectivity index (χ1) is 11.7. The summed E-state index contributed by atoms with van der Waals surface area (Å²) < 4.78 is 5.31. The van der Waals surface area contributed by atoms with Crippen molar-refractivity contribution >= 4 is 34.7 Å². The number of anilines is 1. The Bertz CT molecular complexity index is 866. The summed E-state index contributed by atoms with van der Waals surface area (Å²) in [6.45, 7) is 0. The highest BCUT2D eigenvalue weighted by Gasteiger charge is 2.08. The minimum Gasteiger partial charge on any atom is -0.462 e. The molecule has 2 aromatic heterocycles. The predicted octanol–water partition coefficient (Wildman–Crippen LogP) is 4.15. The normalized spacial score (nSPS) is 10.3. The molecule has 0 radical (unpaired) electrons. The van der Waals surface area contributed by atoms with Gasteiger partial charge in [0.2, 0.25) is 5.91 Å². The number of furan rings is 1. The van der Waals surface area contributed by atoms with Gasteiger partial charge in [0.25, 0.3) is 0 Å². The Hall–Kier alpha value is -2.56. The van der Waals surface area contributed by atoms with Gasteiger partial charge in [0.1, 0.15) is 0 Å². The topological polar surface area (TPSA) is 78.9 Å². The first-order valence-corrected chi connectivity index (χ1v) is 9.14. The number of carbonyl (C=O) groups excluding carboxylic acids is 1. The van der Waals surface area contributed by atoms with Crippen molar-refractivity contribution in [2.45, 2.75) is 5.75 Å². The molecule has 5 nitrogen and oxygen atoms in total. The van der Waals surface area contributed by atoms with Crippen molar-refractivity contribution in [3.63, 3.8) is 0 Å². The molecule has 0 saturated heterocycles. The summed E-state index contributed by atoms with van der Waals surface area (Å²) in [5.74, 6) is 1.63. The molecule has 0 atom stereocenters. The van der Waals surface area contributed by atoms with E-state index in [9.17, 15) is 4.79 Å². The van der Waals surface area contributed by atoms with E-state index in [1.54, 1.807) is 30.5 Å². The summed E-state index contributed by atoms with van der Waals surface area (Å²) in [7, 11) is 0. The average Bonchev–Trinajstić information content (AvgIpc) is 3.26. The minimum atomic E-state index is -0.100. The molecule has 0 bridgehead atoms. The lowest BCUT2D eigenvalue weighted by Gasteiger charge is -2.04. The Morgan fingerprint density at radius 1 is 1.38 bits per heavy atom. The van der Waals surface area contributed by atoms with Gasteiger partial charge in [-0.25, -0.2) is 4.98 Å². The lowest BCUT2D eigenvalue weighted by atomic mass is 10.2. The number of hydrogen-bond donors (Lipinski definition) is 1. The number of nitriles is 1. The zero-order valence-corrected chi connectivity index (χ0v) is 14.2. The van der Waals surface area contributed by atoms with E-state index in [0.717, 1.165) is 16.5 Å². The molecule has 1 N–H and O–H groups in total. The largest absolute Gasteiger partial charge is 0.462 e. The molecule has 1 aromatic carbocycles. The predicted molar refractivity (Wildman–Crippen MR) is 95.8 cm³/mol. The maximum Gasteiger partial charge on any atom is 0.234 e. The molecule has 3 rings (SSSR count). The number of aromatic nitrogens is 1. The van der Waals surface area contributed by atoms with Crippen LogP contribution in [0, 0.1) is 11.3 Å². The Balaban J connectivity index is 1.48. The van der Waals surface area contributed by atoms with Crippen molar-refractivity contribution in [2.24, 2.45) is 0 Å². The molecular formula is C17H13N3O2S2. The number of carbonyl (C=O) groups is 1. The molecule has 24 heavy (non-hydrogen) atoms. The van der Waals surface area contributed by atoms with Crippen LogP contribution in [0.5, 0.6) is 0 Å². The minimum absolute atomic E-state index is 0.100. The standard InChI is InChI=1S/C17H13N3O2S2/c18-8-12-3-1-4-13(7-12)19-16(21)11-23-9-14-10-24-17(20-14)15-5-2-6-22-15/h1-7,10H,9,11H2,(H,19,21). The van der Waals surface area contributed by atoms with Crippen molar-refractivity contribution < 1.29 is 9.21 Å².